The van der Waals surface area contributed by atoms with Gasteiger partial charge in [-0.2, -0.15) is 0 Å². The lowest BCUT2D eigenvalue weighted by atomic mass is 10.3. The molecule has 0 aliphatic heterocycles. The first-order chi connectivity index (χ1) is 8.54. The highest BCUT2D eigenvalue weighted by molar-refractivity contribution is 5.78. The summed E-state index contributed by atoms with van der Waals surface area (Å²) in [6.07, 6.45) is 6.43. The highest BCUT2D eigenvalue weighted by atomic mass is 16.6. The third kappa shape index (κ3) is 6.59. The number of ether oxygens (including phenoxy) is 2. The molecule has 0 bridgehead atoms. The molecule has 0 heterocycles. The van der Waals surface area contributed by atoms with Crippen LogP contribution in [0.15, 0.2) is 12.7 Å². The van der Waals surface area contributed by atoms with Crippen LogP contribution in [0.3, 0.4) is 0 Å². The summed E-state index contributed by atoms with van der Waals surface area (Å²) in [6.45, 7) is 6.94. The lowest BCUT2D eigenvalue weighted by Crippen LogP contribution is -2.38. The fourth-order valence-corrected chi connectivity index (χ4v) is 1.02. The predicted octanol–water partition coefficient (Wildman–Crippen LogP) is 1.59. The number of carbonyl (C=O) groups is 2. The molecule has 0 saturated heterocycles. The summed E-state index contributed by atoms with van der Waals surface area (Å²) in [5.74, 6) is 1.78. The van der Waals surface area contributed by atoms with Crippen molar-refractivity contribution in [1.29, 1.82) is 0 Å². The first kappa shape index (κ1) is 16.0. The maximum atomic E-state index is 11.5. The molecule has 0 aromatic heterocycles. The average molecular weight is 253 g/mol. The molecule has 0 rings (SSSR count). The van der Waals surface area contributed by atoms with Gasteiger partial charge in [0.15, 0.2) is 0 Å². The lowest BCUT2D eigenvalue weighted by Gasteiger charge is -2.19. The van der Waals surface area contributed by atoms with Crippen molar-refractivity contribution in [3.63, 3.8) is 0 Å². The second-order valence-electron chi connectivity index (χ2n) is 3.63. The summed E-state index contributed by atoms with van der Waals surface area (Å²) >= 11 is 0. The Balaban J connectivity index is 4.34. The molecule has 0 saturated carbocycles. The van der Waals surface area contributed by atoms with Gasteiger partial charge in [-0.1, -0.05) is 25.5 Å². The molecule has 0 spiro atoms. The summed E-state index contributed by atoms with van der Waals surface area (Å²) in [6, 6.07) is 0. The van der Waals surface area contributed by atoms with E-state index in [0.29, 0.717) is 6.42 Å². The van der Waals surface area contributed by atoms with Crippen LogP contribution < -0.4 is 0 Å². The minimum Gasteiger partial charge on any atom is -0.461 e. The summed E-state index contributed by atoms with van der Waals surface area (Å²) in [5.41, 5.74) is 0. The number of hydrogen-bond donors (Lipinski definition) is 0. The van der Waals surface area contributed by atoms with Gasteiger partial charge in [0.2, 0.25) is 0 Å². The molecule has 5 heteroatoms. The summed E-state index contributed by atoms with van der Waals surface area (Å²) in [4.78, 5) is 24.2. The number of amides is 1. The second-order valence-corrected chi connectivity index (χ2v) is 3.63. The largest absolute Gasteiger partial charge is 0.461 e. The Kier molecular flexibility index (Phi) is 8.12. The van der Waals surface area contributed by atoms with E-state index < -0.39 is 12.1 Å². The minimum absolute atomic E-state index is 0.00835. The molecule has 0 N–H and O–H groups in total. The van der Waals surface area contributed by atoms with Crippen molar-refractivity contribution in [1.82, 2.24) is 4.90 Å². The van der Waals surface area contributed by atoms with Gasteiger partial charge in [-0.15, -0.1) is 6.42 Å². The smallest absolute Gasteiger partial charge is 0.411 e. The molecule has 18 heavy (non-hydrogen) atoms. The molecule has 5 nitrogen and oxygen atoms in total. The van der Waals surface area contributed by atoms with E-state index >= 15 is 0 Å². The van der Waals surface area contributed by atoms with E-state index in [0.717, 1.165) is 4.90 Å². The molecule has 1 unspecified atom stereocenters. The van der Waals surface area contributed by atoms with Crippen molar-refractivity contribution in [2.24, 2.45) is 0 Å². The molecule has 0 fully saturated rings. The van der Waals surface area contributed by atoms with Gasteiger partial charge in [0, 0.05) is 0 Å². The summed E-state index contributed by atoms with van der Waals surface area (Å²) < 4.78 is 9.86. The van der Waals surface area contributed by atoms with Crippen LogP contribution in [0.1, 0.15) is 20.3 Å². The molecule has 1 amide bonds. The Morgan fingerprint density at radius 2 is 2.22 bits per heavy atom. The fourth-order valence-electron chi connectivity index (χ4n) is 1.02. The van der Waals surface area contributed by atoms with Gasteiger partial charge < -0.3 is 9.47 Å². The van der Waals surface area contributed by atoms with Crippen LogP contribution in [0.5, 0.6) is 0 Å². The summed E-state index contributed by atoms with van der Waals surface area (Å²) in [7, 11) is 0. The zero-order valence-electron chi connectivity index (χ0n) is 10.8. The van der Waals surface area contributed by atoms with Crippen molar-refractivity contribution < 1.29 is 19.1 Å². The van der Waals surface area contributed by atoms with Gasteiger partial charge in [-0.05, 0) is 13.3 Å². The fraction of sp³-hybridized carbons (Fsp3) is 0.538. The zero-order valence-corrected chi connectivity index (χ0v) is 10.8. The number of terminal acetylenes is 1. The third-order valence-electron chi connectivity index (χ3n) is 2.09. The van der Waals surface area contributed by atoms with Gasteiger partial charge in [0.05, 0.1) is 12.6 Å². The predicted molar refractivity (Wildman–Crippen MR) is 67.8 cm³/mol. The Morgan fingerprint density at radius 1 is 1.56 bits per heavy atom. The zero-order chi connectivity index (χ0) is 14.0. The van der Waals surface area contributed by atoms with Crippen molar-refractivity contribution in [3.8, 4) is 12.3 Å². The number of esters is 1. The van der Waals surface area contributed by atoms with Crippen molar-refractivity contribution in [3.05, 3.63) is 12.7 Å². The maximum Gasteiger partial charge on any atom is 0.411 e. The first-order valence-corrected chi connectivity index (χ1v) is 5.70. The molecule has 0 radical (unpaired) electrons. The number of nitrogens with zero attached hydrogens (tertiary/aromatic N) is 1. The second kappa shape index (κ2) is 9.11. The molecule has 0 aliphatic carbocycles. The molecular formula is C13H19NO4. The highest BCUT2D eigenvalue weighted by Gasteiger charge is 2.19. The number of hydrogen-bond acceptors (Lipinski definition) is 4. The number of rotatable bonds is 7. The van der Waals surface area contributed by atoms with E-state index in [1.807, 2.05) is 6.92 Å². The van der Waals surface area contributed by atoms with Gasteiger partial charge in [0.25, 0.3) is 0 Å². The van der Waals surface area contributed by atoms with E-state index in [2.05, 4.69) is 12.5 Å². The van der Waals surface area contributed by atoms with Gasteiger partial charge >= 0.3 is 12.1 Å². The molecule has 1 atom stereocenters. The van der Waals surface area contributed by atoms with Crippen LogP contribution >= 0.6 is 0 Å². The van der Waals surface area contributed by atoms with Gasteiger partial charge in [-0.3, -0.25) is 9.69 Å². The lowest BCUT2D eigenvalue weighted by molar-refractivity contribution is -0.149. The molecular weight excluding hydrogens is 234 g/mol. The monoisotopic (exact) mass is 253 g/mol. The Bertz CT molecular complexity index is 332. The van der Waals surface area contributed by atoms with Crippen molar-refractivity contribution >= 4 is 12.1 Å². The van der Waals surface area contributed by atoms with E-state index in [4.69, 9.17) is 15.9 Å². The van der Waals surface area contributed by atoms with Crippen LogP contribution in [0.4, 0.5) is 4.79 Å². The van der Waals surface area contributed by atoms with Crippen LogP contribution in [0, 0.1) is 12.3 Å². The normalized spacial score (nSPS) is 10.9. The Labute approximate surface area is 108 Å². The highest BCUT2D eigenvalue weighted by Crippen LogP contribution is 2.00. The molecule has 100 valence electrons. The molecule has 0 aromatic rings. The van der Waals surface area contributed by atoms with Crippen LogP contribution in [-0.4, -0.2) is 42.8 Å². The van der Waals surface area contributed by atoms with Crippen LogP contribution in [0.2, 0.25) is 0 Å². The van der Waals surface area contributed by atoms with Gasteiger partial charge in [0.1, 0.15) is 13.2 Å². The van der Waals surface area contributed by atoms with Crippen LogP contribution in [-0.2, 0) is 14.3 Å². The Morgan fingerprint density at radius 3 is 2.72 bits per heavy atom. The van der Waals surface area contributed by atoms with Crippen LogP contribution in [0.25, 0.3) is 0 Å². The van der Waals surface area contributed by atoms with Gasteiger partial charge in [-0.25, -0.2) is 4.79 Å². The Hall–Kier alpha value is -1.96. The molecule has 0 aromatic carbocycles. The van der Waals surface area contributed by atoms with E-state index in [1.54, 1.807) is 6.92 Å². The van der Waals surface area contributed by atoms with E-state index in [-0.39, 0.29) is 25.8 Å². The average Bonchev–Trinajstić information content (AvgIpc) is 2.35. The SMILES string of the molecule is C#CCN(CC(=O)OC(C)CC)C(=O)OCC=C. The third-order valence-corrected chi connectivity index (χ3v) is 2.09. The van der Waals surface area contributed by atoms with E-state index in [9.17, 15) is 9.59 Å². The van der Waals surface area contributed by atoms with Crippen molar-refractivity contribution in [2.45, 2.75) is 26.4 Å². The topological polar surface area (TPSA) is 55.8 Å². The standard InChI is InChI=1S/C13H19NO4/c1-5-8-14(13(16)17-9-6-2)10-12(15)18-11(4)7-3/h1,6,11H,2,7-10H2,3-4H3. The van der Waals surface area contributed by atoms with E-state index in [1.165, 1.54) is 6.08 Å². The molecule has 0 aliphatic rings. The summed E-state index contributed by atoms with van der Waals surface area (Å²) in [5, 5.41) is 0. The quantitative estimate of drug-likeness (QED) is 0.393. The maximum absolute atomic E-state index is 11.5. The first-order valence-electron chi connectivity index (χ1n) is 5.70. The minimum atomic E-state index is -0.658. The van der Waals surface area contributed by atoms with Crippen molar-refractivity contribution in [2.75, 3.05) is 19.7 Å². The number of carbonyl (C=O) groups excluding carboxylic acids is 2.